The Bertz CT molecular complexity index is 856. The Balaban J connectivity index is 1.93. The van der Waals surface area contributed by atoms with Crippen LogP contribution in [0.15, 0.2) is 46.1 Å². The molecule has 2 rings (SSSR count). The fourth-order valence-electron chi connectivity index (χ4n) is 1.79. The number of halogens is 1. The molecule has 0 radical (unpaired) electrons. The molecular formula is C13H14ClN3O4S. The summed E-state index contributed by atoms with van der Waals surface area (Å²) >= 11 is 5.74. The molecule has 0 unspecified atom stereocenters. The van der Waals surface area contributed by atoms with Crippen molar-refractivity contribution in [3.05, 3.63) is 68.0 Å². The van der Waals surface area contributed by atoms with Gasteiger partial charge in [0.25, 0.3) is 5.56 Å². The van der Waals surface area contributed by atoms with Crippen LogP contribution in [0.3, 0.4) is 0 Å². The fourth-order valence-corrected chi connectivity index (χ4v) is 3.05. The van der Waals surface area contributed by atoms with Gasteiger partial charge in [-0.15, -0.1) is 0 Å². The maximum absolute atomic E-state index is 11.9. The predicted molar refractivity (Wildman–Crippen MR) is 83.4 cm³/mol. The number of hydrogen-bond donors (Lipinski definition) is 2. The van der Waals surface area contributed by atoms with Gasteiger partial charge in [0, 0.05) is 30.4 Å². The van der Waals surface area contributed by atoms with E-state index >= 15 is 0 Å². The number of H-pyrrole nitrogens is 1. The zero-order chi connectivity index (χ0) is 16.2. The Hall–Kier alpha value is -1.90. The summed E-state index contributed by atoms with van der Waals surface area (Å²) < 4.78 is 27.5. The minimum absolute atomic E-state index is 0.0435. The minimum Gasteiger partial charge on any atom is -0.299 e. The van der Waals surface area contributed by atoms with Gasteiger partial charge in [-0.25, -0.2) is 17.9 Å². The van der Waals surface area contributed by atoms with Crippen molar-refractivity contribution >= 4 is 21.6 Å². The van der Waals surface area contributed by atoms with Gasteiger partial charge < -0.3 is 0 Å². The van der Waals surface area contributed by atoms with E-state index in [1.165, 1.54) is 16.8 Å². The summed E-state index contributed by atoms with van der Waals surface area (Å²) in [6.45, 7) is 0.164. The van der Waals surface area contributed by atoms with Gasteiger partial charge in [0.05, 0.1) is 5.75 Å². The quantitative estimate of drug-likeness (QED) is 0.788. The maximum atomic E-state index is 11.9. The van der Waals surface area contributed by atoms with Crippen LogP contribution in [0, 0.1) is 0 Å². The highest BCUT2D eigenvalue weighted by molar-refractivity contribution is 7.88. The van der Waals surface area contributed by atoms with Crippen LogP contribution in [-0.2, 0) is 22.3 Å². The van der Waals surface area contributed by atoms with E-state index in [1.54, 1.807) is 24.3 Å². The smallest absolute Gasteiger partial charge is 0.299 e. The third-order valence-corrected chi connectivity index (χ3v) is 4.45. The Labute approximate surface area is 131 Å². The van der Waals surface area contributed by atoms with Crippen LogP contribution in [0.25, 0.3) is 0 Å². The second-order valence-electron chi connectivity index (χ2n) is 4.58. The lowest BCUT2D eigenvalue weighted by atomic mass is 10.2. The first-order valence-corrected chi connectivity index (χ1v) is 8.40. The highest BCUT2D eigenvalue weighted by atomic mass is 35.5. The molecule has 0 bridgehead atoms. The van der Waals surface area contributed by atoms with E-state index < -0.39 is 21.3 Å². The SMILES string of the molecule is O=c1ccn(CCNS(=O)(=O)Cc2ccc(Cl)cc2)c(=O)[nH]1. The van der Waals surface area contributed by atoms with Gasteiger partial charge in [-0.1, -0.05) is 23.7 Å². The number of aromatic nitrogens is 2. The summed E-state index contributed by atoms with van der Waals surface area (Å²) in [6.07, 6.45) is 1.31. The van der Waals surface area contributed by atoms with Gasteiger partial charge in [0.2, 0.25) is 10.0 Å². The van der Waals surface area contributed by atoms with Gasteiger partial charge in [-0.2, -0.15) is 0 Å². The summed E-state index contributed by atoms with van der Waals surface area (Å²) in [5.74, 6) is -0.176. The first-order valence-electron chi connectivity index (χ1n) is 6.37. The Morgan fingerprint density at radius 2 is 1.82 bits per heavy atom. The van der Waals surface area contributed by atoms with E-state index in [1.807, 2.05) is 0 Å². The molecule has 0 saturated carbocycles. The number of aromatic amines is 1. The zero-order valence-electron chi connectivity index (χ0n) is 11.5. The molecule has 22 heavy (non-hydrogen) atoms. The van der Waals surface area contributed by atoms with Gasteiger partial charge in [0.15, 0.2) is 0 Å². The van der Waals surface area contributed by atoms with Crippen LogP contribution < -0.4 is 16.0 Å². The molecule has 2 N–H and O–H groups in total. The molecule has 118 valence electrons. The number of rotatable bonds is 6. The van der Waals surface area contributed by atoms with Crippen LogP contribution in [0.2, 0.25) is 5.02 Å². The third-order valence-electron chi connectivity index (χ3n) is 2.84. The van der Waals surface area contributed by atoms with Crippen LogP contribution in [0.1, 0.15) is 5.56 Å². The molecule has 2 aromatic rings. The van der Waals surface area contributed by atoms with Crippen molar-refractivity contribution in [3.63, 3.8) is 0 Å². The van der Waals surface area contributed by atoms with Crippen molar-refractivity contribution in [2.24, 2.45) is 0 Å². The summed E-state index contributed by atoms with van der Waals surface area (Å²) in [5.41, 5.74) is -0.466. The van der Waals surface area contributed by atoms with Crippen molar-refractivity contribution in [1.82, 2.24) is 14.3 Å². The van der Waals surface area contributed by atoms with Crippen molar-refractivity contribution in [1.29, 1.82) is 0 Å². The van der Waals surface area contributed by atoms with Crippen LogP contribution in [0.4, 0.5) is 0 Å². The van der Waals surface area contributed by atoms with Crippen LogP contribution in [-0.4, -0.2) is 24.5 Å². The zero-order valence-corrected chi connectivity index (χ0v) is 13.0. The molecular weight excluding hydrogens is 330 g/mol. The van der Waals surface area contributed by atoms with E-state index in [0.717, 1.165) is 0 Å². The molecule has 0 atom stereocenters. The van der Waals surface area contributed by atoms with Gasteiger partial charge in [-0.05, 0) is 17.7 Å². The lowest BCUT2D eigenvalue weighted by Gasteiger charge is -2.08. The first-order chi connectivity index (χ1) is 10.4. The molecule has 0 spiro atoms. The summed E-state index contributed by atoms with van der Waals surface area (Å²) in [4.78, 5) is 24.4. The lowest BCUT2D eigenvalue weighted by Crippen LogP contribution is -2.34. The normalized spacial score (nSPS) is 11.5. The second-order valence-corrected chi connectivity index (χ2v) is 6.83. The predicted octanol–water partition coefficient (Wildman–Crippen LogP) is 0.310. The lowest BCUT2D eigenvalue weighted by molar-refractivity contribution is 0.567. The molecule has 1 aromatic heterocycles. The monoisotopic (exact) mass is 343 g/mol. The first kappa shape index (κ1) is 16.5. The van der Waals surface area contributed by atoms with Crippen molar-refractivity contribution in [2.75, 3.05) is 6.54 Å². The molecule has 0 fully saturated rings. The van der Waals surface area contributed by atoms with Gasteiger partial charge >= 0.3 is 5.69 Å². The third kappa shape index (κ3) is 4.83. The molecule has 0 aliphatic carbocycles. The molecule has 0 amide bonds. The average Bonchev–Trinajstić information content (AvgIpc) is 2.43. The van der Waals surface area contributed by atoms with Crippen molar-refractivity contribution in [2.45, 2.75) is 12.3 Å². The number of nitrogens with one attached hydrogen (secondary N) is 2. The molecule has 0 aliphatic heterocycles. The summed E-state index contributed by atoms with van der Waals surface area (Å²) in [5, 5.41) is 0.534. The Morgan fingerprint density at radius 1 is 1.14 bits per heavy atom. The molecule has 1 aromatic carbocycles. The average molecular weight is 344 g/mol. The van der Waals surface area contributed by atoms with E-state index in [4.69, 9.17) is 11.6 Å². The molecule has 9 heteroatoms. The summed E-state index contributed by atoms with van der Waals surface area (Å²) in [6, 6.07) is 7.70. The minimum atomic E-state index is -3.52. The van der Waals surface area contributed by atoms with E-state index in [9.17, 15) is 18.0 Å². The Kier molecular flexibility index (Phi) is 5.17. The van der Waals surface area contributed by atoms with Crippen molar-refractivity contribution < 1.29 is 8.42 Å². The molecule has 0 saturated heterocycles. The molecule has 1 heterocycles. The topological polar surface area (TPSA) is 101 Å². The van der Waals surface area contributed by atoms with Crippen LogP contribution >= 0.6 is 11.6 Å². The fraction of sp³-hybridized carbons (Fsp3) is 0.231. The Morgan fingerprint density at radius 3 is 2.45 bits per heavy atom. The number of nitrogens with zero attached hydrogens (tertiary/aromatic N) is 1. The van der Waals surface area contributed by atoms with E-state index in [-0.39, 0.29) is 18.8 Å². The highest BCUT2D eigenvalue weighted by Gasteiger charge is 2.11. The summed E-state index contributed by atoms with van der Waals surface area (Å²) in [7, 11) is -3.52. The van der Waals surface area contributed by atoms with Gasteiger partial charge in [0.1, 0.15) is 0 Å². The van der Waals surface area contributed by atoms with E-state index in [0.29, 0.717) is 10.6 Å². The number of hydrogen-bond acceptors (Lipinski definition) is 4. The van der Waals surface area contributed by atoms with E-state index in [2.05, 4.69) is 9.71 Å². The maximum Gasteiger partial charge on any atom is 0.328 e. The van der Waals surface area contributed by atoms with Crippen molar-refractivity contribution in [3.8, 4) is 0 Å². The van der Waals surface area contributed by atoms with Gasteiger partial charge in [-0.3, -0.25) is 14.3 Å². The largest absolute Gasteiger partial charge is 0.328 e. The second kappa shape index (κ2) is 6.91. The van der Waals surface area contributed by atoms with Crippen LogP contribution in [0.5, 0.6) is 0 Å². The standard InChI is InChI=1S/C13H14ClN3O4S/c14-11-3-1-10(2-4-11)9-22(20,21)15-6-8-17-7-5-12(18)16-13(17)19/h1-5,7,15H,6,8-9H2,(H,16,18,19). The number of benzene rings is 1. The number of sulfonamides is 1. The molecule has 7 nitrogen and oxygen atoms in total. The molecule has 0 aliphatic rings. The highest BCUT2D eigenvalue weighted by Crippen LogP contribution is 2.11.